The highest BCUT2D eigenvalue weighted by Gasteiger charge is 2.02. The van der Waals surface area contributed by atoms with Crippen LogP contribution in [0.15, 0.2) is 18.2 Å². The Morgan fingerprint density at radius 2 is 2.00 bits per heavy atom. The van der Waals surface area contributed by atoms with Gasteiger partial charge in [0.05, 0.1) is 6.61 Å². The van der Waals surface area contributed by atoms with Crippen molar-refractivity contribution in [1.29, 1.82) is 0 Å². The van der Waals surface area contributed by atoms with Crippen molar-refractivity contribution in [1.82, 2.24) is 0 Å². The largest absolute Gasteiger partial charge is 0.494 e. The fourth-order valence-electron chi connectivity index (χ4n) is 1.61. The molecule has 16 heavy (non-hydrogen) atoms. The molecule has 0 fully saturated rings. The number of ether oxygens (including phenoxy) is 1. The maximum Gasteiger partial charge on any atom is 0.122 e. The normalized spacial score (nSPS) is 11.0. The Labute approximate surface area is 98.1 Å². The summed E-state index contributed by atoms with van der Waals surface area (Å²) in [4.78, 5) is 0. The zero-order chi connectivity index (χ0) is 12.0. The molecule has 0 saturated carbocycles. The lowest BCUT2D eigenvalue weighted by Gasteiger charge is -2.10. The lowest BCUT2D eigenvalue weighted by Crippen LogP contribution is -1.96. The van der Waals surface area contributed by atoms with Gasteiger partial charge in [-0.3, -0.25) is 0 Å². The molecular weight excluding hydrogens is 198 g/mol. The van der Waals surface area contributed by atoms with Crippen LogP contribution in [0.3, 0.4) is 0 Å². The van der Waals surface area contributed by atoms with Crippen LogP contribution in [0.2, 0.25) is 0 Å². The molecule has 0 radical (unpaired) electrons. The summed E-state index contributed by atoms with van der Waals surface area (Å²) in [6, 6.07) is 4.26. The summed E-state index contributed by atoms with van der Waals surface area (Å²) in [7, 11) is 0. The molecule has 0 saturated heterocycles. The minimum atomic E-state index is 0.700. The van der Waals surface area contributed by atoms with Crippen LogP contribution in [-0.2, 0) is 0 Å². The van der Waals surface area contributed by atoms with E-state index in [0.717, 1.165) is 12.2 Å². The van der Waals surface area contributed by atoms with Crippen molar-refractivity contribution in [3.63, 3.8) is 0 Å². The van der Waals surface area contributed by atoms with Crippen LogP contribution in [0.1, 0.15) is 30.0 Å². The summed E-state index contributed by atoms with van der Waals surface area (Å²) in [6.07, 6.45) is 5.17. The van der Waals surface area contributed by atoms with Gasteiger partial charge in [0, 0.05) is 0 Å². The van der Waals surface area contributed by atoms with Crippen molar-refractivity contribution in [2.75, 3.05) is 13.2 Å². The molecular formula is C14H21NO. The Bertz CT molecular complexity index is 369. The van der Waals surface area contributed by atoms with Gasteiger partial charge in [0.2, 0.25) is 0 Å². The van der Waals surface area contributed by atoms with Crippen molar-refractivity contribution < 1.29 is 4.74 Å². The van der Waals surface area contributed by atoms with E-state index < -0.39 is 0 Å². The number of nitrogens with two attached hydrogens (primary N) is 1. The zero-order valence-electron chi connectivity index (χ0n) is 10.4. The maximum absolute atomic E-state index is 5.55. The van der Waals surface area contributed by atoms with Gasteiger partial charge < -0.3 is 10.5 Å². The second-order valence-electron chi connectivity index (χ2n) is 3.89. The van der Waals surface area contributed by atoms with Gasteiger partial charge in [-0.05, 0) is 62.6 Å². The topological polar surface area (TPSA) is 35.2 Å². The van der Waals surface area contributed by atoms with Crippen molar-refractivity contribution in [2.24, 2.45) is 5.73 Å². The summed E-state index contributed by atoms with van der Waals surface area (Å²) >= 11 is 0. The van der Waals surface area contributed by atoms with E-state index in [1.54, 1.807) is 0 Å². The Balaban J connectivity index is 2.91. The van der Waals surface area contributed by atoms with Crippen molar-refractivity contribution >= 4 is 6.08 Å². The molecule has 0 unspecified atom stereocenters. The quantitative estimate of drug-likeness (QED) is 0.826. The van der Waals surface area contributed by atoms with E-state index in [-0.39, 0.29) is 0 Å². The number of benzene rings is 1. The number of hydrogen-bond acceptors (Lipinski definition) is 2. The molecule has 0 aliphatic carbocycles. The zero-order valence-corrected chi connectivity index (χ0v) is 10.4. The average Bonchev–Trinajstić information content (AvgIpc) is 2.25. The summed E-state index contributed by atoms with van der Waals surface area (Å²) < 4.78 is 5.55. The summed E-state index contributed by atoms with van der Waals surface area (Å²) in [5.74, 6) is 0.982. The van der Waals surface area contributed by atoms with Crippen LogP contribution in [0.4, 0.5) is 0 Å². The van der Waals surface area contributed by atoms with Crippen LogP contribution < -0.4 is 10.5 Å². The van der Waals surface area contributed by atoms with Gasteiger partial charge in [-0.15, -0.1) is 0 Å². The molecule has 2 heteroatoms. The molecule has 0 aliphatic heterocycles. The molecule has 1 rings (SSSR count). The number of rotatable bonds is 5. The van der Waals surface area contributed by atoms with Crippen LogP contribution in [0.25, 0.3) is 6.08 Å². The molecule has 0 aliphatic rings. The maximum atomic E-state index is 5.55. The van der Waals surface area contributed by atoms with E-state index in [1.165, 1.54) is 16.7 Å². The Hall–Kier alpha value is -1.28. The highest BCUT2D eigenvalue weighted by atomic mass is 16.5. The molecule has 1 aromatic rings. The summed E-state index contributed by atoms with van der Waals surface area (Å²) in [5.41, 5.74) is 9.12. The van der Waals surface area contributed by atoms with Gasteiger partial charge in [0.1, 0.15) is 5.75 Å². The minimum absolute atomic E-state index is 0.700. The van der Waals surface area contributed by atoms with Crippen molar-refractivity contribution in [3.8, 4) is 5.75 Å². The second kappa shape index (κ2) is 6.33. The third-order valence-corrected chi connectivity index (χ3v) is 2.49. The van der Waals surface area contributed by atoms with E-state index in [2.05, 4.69) is 38.1 Å². The van der Waals surface area contributed by atoms with E-state index in [9.17, 15) is 0 Å². The molecule has 0 aromatic heterocycles. The first kappa shape index (κ1) is 12.8. The van der Waals surface area contributed by atoms with Gasteiger partial charge in [0.15, 0.2) is 0 Å². The molecule has 0 spiro atoms. The fraction of sp³-hybridized carbons (Fsp3) is 0.429. The lowest BCUT2D eigenvalue weighted by atomic mass is 10.0. The van der Waals surface area contributed by atoms with E-state index in [4.69, 9.17) is 10.5 Å². The van der Waals surface area contributed by atoms with Crippen molar-refractivity contribution in [2.45, 2.75) is 27.2 Å². The highest BCUT2D eigenvalue weighted by molar-refractivity contribution is 5.57. The first-order valence-electron chi connectivity index (χ1n) is 5.79. The SMILES string of the molecule is CCOc1cc(C)c(/C=C/CCN)cc1C. The molecule has 0 amide bonds. The van der Waals surface area contributed by atoms with Gasteiger partial charge in [-0.1, -0.05) is 12.2 Å². The smallest absolute Gasteiger partial charge is 0.122 e. The monoisotopic (exact) mass is 219 g/mol. The van der Waals surface area contributed by atoms with Gasteiger partial charge in [-0.25, -0.2) is 0 Å². The van der Waals surface area contributed by atoms with Crippen molar-refractivity contribution in [3.05, 3.63) is 34.9 Å². The van der Waals surface area contributed by atoms with E-state index in [0.29, 0.717) is 13.2 Å². The van der Waals surface area contributed by atoms with Gasteiger partial charge in [-0.2, -0.15) is 0 Å². The predicted octanol–water partition coefficient (Wildman–Crippen LogP) is 3.06. The molecule has 0 atom stereocenters. The molecule has 2 N–H and O–H groups in total. The third kappa shape index (κ3) is 3.38. The molecule has 2 nitrogen and oxygen atoms in total. The van der Waals surface area contributed by atoms with Crippen LogP contribution in [0.5, 0.6) is 5.75 Å². The molecule has 0 heterocycles. The third-order valence-electron chi connectivity index (χ3n) is 2.49. The standard InChI is InChI=1S/C14H21NO/c1-4-16-14-10-11(2)13(9-12(14)3)7-5-6-8-15/h5,7,9-10H,4,6,8,15H2,1-3H3/b7-5+. The highest BCUT2D eigenvalue weighted by Crippen LogP contribution is 2.23. The number of aryl methyl sites for hydroxylation is 2. The van der Waals surface area contributed by atoms with Gasteiger partial charge in [0.25, 0.3) is 0 Å². The van der Waals surface area contributed by atoms with Crippen LogP contribution in [0, 0.1) is 13.8 Å². The fourth-order valence-corrected chi connectivity index (χ4v) is 1.61. The summed E-state index contributed by atoms with van der Waals surface area (Å²) in [5, 5.41) is 0. The molecule has 0 bridgehead atoms. The average molecular weight is 219 g/mol. The Morgan fingerprint density at radius 1 is 1.25 bits per heavy atom. The van der Waals surface area contributed by atoms with Crippen LogP contribution >= 0.6 is 0 Å². The predicted molar refractivity (Wildman–Crippen MR) is 69.8 cm³/mol. The number of hydrogen-bond donors (Lipinski definition) is 1. The van der Waals surface area contributed by atoms with E-state index in [1.807, 2.05) is 6.92 Å². The van der Waals surface area contributed by atoms with Gasteiger partial charge >= 0.3 is 0 Å². The molecule has 88 valence electrons. The Morgan fingerprint density at radius 3 is 2.62 bits per heavy atom. The Kier molecular flexibility index (Phi) is 5.06. The van der Waals surface area contributed by atoms with Crippen LogP contribution in [-0.4, -0.2) is 13.2 Å². The summed E-state index contributed by atoms with van der Waals surface area (Å²) in [6.45, 7) is 7.59. The lowest BCUT2D eigenvalue weighted by molar-refractivity contribution is 0.337. The molecule has 1 aromatic carbocycles. The second-order valence-corrected chi connectivity index (χ2v) is 3.89. The van der Waals surface area contributed by atoms with E-state index >= 15 is 0 Å². The minimum Gasteiger partial charge on any atom is -0.494 e. The first-order chi connectivity index (χ1) is 7.69. The first-order valence-corrected chi connectivity index (χ1v) is 5.79.